The Hall–Kier alpha value is -0.180. The molecule has 1 rings (SSSR count). The molecular weight excluding hydrogens is 198 g/mol. The molecule has 0 aromatic carbocycles. The molecule has 1 fully saturated rings. The summed E-state index contributed by atoms with van der Waals surface area (Å²) in [4.78, 5) is 0. The maximum atomic E-state index is 12.7. The summed E-state index contributed by atoms with van der Waals surface area (Å²) in [5, 5.41) is 0. The van der Waals surface area contributed by atoms with E-state index in [-0.39, 0.29) is 5.41 Å². The van der Waals surface area contributed by atoms with Crippen molar-refractivity contribution in [2.45, 2.75) is 46.0 Å². The molecule has 1 saturated carbocycles. The van der Waals surface area contributed by atoms with Crippen molar-refractivity contribution in [1.29, 1.82) is 0 Å². The quantitative estimate of drug-likeness (QED) is 0.662. The van der Waals surface area contributed by atoms with E-state index in [1.807, 2.05) is 6.92 Å². The standard InChI is InChI=1S/C12H22F2O/c1-4-10(11(13)14)7-12(8-15-3)6-5-9(12)2/h9-11H,4-8H2,1-3H3/t9?,10-,12-/m1/s1. The second kappa shape index (κ2) is 5.24. The fourth-order valence-electron chi connectivity index (χ4n) is 2.64. The zero-order chi connectivity index (χ0) is 11.5. The molecule has 0 heterocycles. The minimum absolute atomic E-state index is 0.0336. The maximum absolute atomic E-state index is 12.7. The Bertz CT molecular complexity index is 196. The first-order valence-corrected chi connectivity index (χ1v) is 5.83. The predicted octanol–water partition coefficient (Wildman–Crippen LogP) is 3.73. The van der Waals surface area contributed by atoms with Crippen molar-refractivity contribution in [3.05, 3.63) is 0 Å². The molecule has 1 aliphatic rings. The minimum Gasteiger partial charge on any atom is -0.384 e. The second-order valence-corrected chi connectivity index (χ2v) is 4.94. The number of alkyl halides is 2. The van der Waals surface area contributed by atoms with Crippen LogP contribution in [0.1, 0.15) is 39.5 Å². The van der Waals surface area contributed by atoms with Gasteiger partial charge < -0.3 is 4.74 Å². The van der Waals surface area contributed by atoms with Crippen LogP contribution >= 0.6 is 0 Å². The van der Waals surface area contributed by atoms with Crippen LogP contribution in [0.25, 0.3) is 0 Å². The number of methoxy groups -OCH3 is 1. The summed E-state index contributed by atoms with van der Waals surface area (Å²) in [6.07, 6.45) is 1.21. The molecule has 90 valence electrons. The number of rotatable bonds is 6. The van der Waals surface area contributed by atoms with E-state index in [0.717, 1.165) is 12.8 Å². The molecular formula is C12H22F2O. The van der Waals surface area contributed by atoms with Crippen molar-refractivity contribution in [2.24, 2.45) is 17.3 Å². The zero-order valence-electron chi connectivity index (χ0n) is 9.93. The van der Waals surface area contributed by atoms with Gasteiger partial charge in [-0.1, -0.05) is 13.8 Å². The highest BCUT2D eigenvalue weighted by Gasteiger charge is 2.46. The first-order valence-electron chi connectivity index (χ1n) is 5.83. The Kier molecular flexibility index (Phi) is 4.50. The number of hydrogen-bond acceptors (Lipinski definition) is 1. The molecule has 0 radical (unpaired) electrons. The van der Waals surface area contributed by atoms with E-state index in [2.05, 4.69) is 6.92 Å². The molecule has 15 heavy (non-hydrogen) atoms. The van der Waals surface area contributed by atoms with Crippen LogP contribution in [0.15, 0.2) is 0 Å². The van der Waals surface area contributed by atoms with Gasteiger partial charge in [0.25, 0.3) is 0 Å². The second-order valence-electron chi connectivity index (χ2n) is 4.94. The molecule has 0 amide bonds. The Morgan fingerprint density at radius 2 is 2.13 bits per heavy atom. The van der Waals surface area contributed by atoms with E-state index >= 15 is 0 Å². The van der Waals surface area contributed by atoms with Crippen LogP contribution in [0.4, 0.5) is 8.78 Å². The molecule has 0 aromatic heterocycles. The van der Waals surface area contributed by atoms with E-state index in [1.54, 1.807) is 7.11 Å². The molecule has 0 bridgehead atoms. The van der Waals surface area contributed by atoms with Crippen molar-refractivity contribution in [1.82, 2.24) is 0 Å². The predicted molar refractivity (Wildman–Crippen MR) is 57.1 cm³/mol. The smallest absolute Gasteiger partial charge is 0.241 e. The minimum atomic E-state index is -2.18. The fourth-order valence-corrected chi connectivity index (χ4v) is 2.64. The molecule has 3 heteroatoms. The summed E-state index contributed by atoms with van der Waals surface area (Å²) >= 11 is 0. The summed E-state index contributed by atoms with van der Waals surface area (Å²) in [7, 11) is 1.66. The highest BCUT2D eigenvalue weighted by atomic mass is 19.3. The van der Waals surface area contributed by atoms with Gasteiger partial charge in [0.05, 0.1) is 6.61 Å². The first kappa shape index (κ1) is 12.9. The van der Waals surface area contributed by atoms with Crippen LogP contribution < -0.4 is 0 Å². The van der Waals surface area contributed by atoms with E-state index in [9.17, 15) is 8.78 Å². The third kappa shape index (κ3) is 2.68. The molecule has 1 nitrogen and oxygen atoms in total. The van der Waals surface area contributed by atoms with Gasteiger partial charge in [-0.2, -0.15) is 0 Å². The lowest BCUT2D eigenvalue weighted by molar-refractivity contribution is -0.0726. The van der Waals surface area contributed by atoms with Gasteiger partial charge in [0.1, 0.15) is 0 Å². The highest BCUT2D eigenvalue weighted by Crippen LogP contribution is 2.51. The zero-order valence-corrected chi connectivity index (χ0v) is 9.93. The Labute approximate surface area is 91.2 Å². The molecule has 0 saturated heterocycles. The van der Waals surface area contributed by atoms with Gasteiger partial charge in [-0.15, -0.1) is 0 Å². The molecule has 3 atom stereocenters. The van der Waals surface area contributed by atoms with Crippen molar-refractivity contribution in [2.75, 3.05) is 13.7 Å². The van der Waals surface area contributed by atoms with Gasteiger partial charge in [-0.25, -0.2) is 8.78 Å². The average molecular weight is 220 g/mol. The van der Waals surface area contributed by atoms with E-state index in [4.69, 9.17) is 4.74 Å². The Balaban J connectivity index is 2.58. The average Bonchev–Trinajstić information content (AvgIpc) is 2.21. The van der Waals surface area contributed by atoms with Crippen LogP contribution in [0.3, 0.4) is 0 Å². The summed E-state index contributed by atoms with van der Waals surface area (Å²) in [6.45, 7) is 4.64. The van der Waals surface area contributed by atoms with Gasteiger partial charge in [0.2, 0.25) is 6.43 Å². The fraction of sp³-hybridized carbons (Fsp3) is 1.00. The monoisotopic (exact) mass is 220 g/mol. The molecule has 1 aliphatic carbocycles. The molecule has 0 spiro atoms. The van der Waals surface area contributed by atoms with E-state index in [1.165, 1.54) is 0 Å². The molecule has 1 unspecified atom stereocenters. The van der Waals surface area contributed by atoms with Gasteiger partial charge in [-0.05, 0) is 37.0 Å². The topological polar surface area (TPSA) is 9.23 Å². The van der Waals surface area contributed by atoms with Crippen LogP contribution in [-0.2, 0) is 4.74 Å². The summed E-state index contributed by atoms with van der Waals surface area (Å²) in [5.74, 6) is 0.0770. The SMILES string of the molecule is CC[C@H](C[C@@]1(COC)CCC1C)C(F)F. The lowest BCUT2D eigenvalue weighted by atomic mass is 9.57. The molecule has 0 N–H and O–H groups in total. The Morgan fingerprint density at radius 3 is 2.40 bits per heavy atom. The van der Waals surface area contributed by atoms with E-state index in [0.29, 0.717) is 25.4 Å². The summed E-state index contributed by atoms with van der Waals surface area (Å²) in [5.41, 5.74) is 0.0336. The normalized spacial score (nSPS) is 32.8. The van der Waals surface area contributed by atoms with Gasteiger partial charge in [0, 0.05) is 13.0 Å². The third-order valence-corrected chi connectivity index (χ3v) is 4.10. The van der Waals surface area contributed by atoms with Crippen LogP contribution in [-0.4, -0.2) is 20.1 Å². The van der Waals surface area contributed by atoms with Crippen molar-refractivity contribution in [3.63, 3.8) is 0 Å². The van der Waals surface area contributed by atoms with Crippen molar-refractivity contribution >= 4 is 0 Å². The molecule has 0 aliphatic heterocycles. The number of hydrogen-bond donors (Lipinski definition) is 0. The summed E-state index contributed by atoms with van der Waals surface area (Å²) < 4.78 is 30.6. The molecule has 0 aromatic rings. The van der Waals surface area contributed by atoms with Gasteiger partial charge >= 0.3 is 0 Å². The lowest BCUT2D eigenvalue weighted by Gasteiger charge is -2.49. The highest BCUT2D eigenvalue weighted by molar-refractivity contribution is 4.94. The van der Waals surface area contributed by atoms with Gasteiger partial charge in [-0.3, -0.25) is 0 Å². The summed E-state index contributed by atoms with van der Waals surface area (Å²) in [6, 6.07) is 0. The number of halogens is 2. The maximum Gasteiger partial charge on any atom is 0.241 e. The number of ether oxygens (including phenoxy) is 1. The van der Waals surface area contributed by atoms with Crippen molar-refractivity contribution < 1.29 is 13.5 Å². The van der Waals surface area contributed by atoms with Crippen molar-refractivity contribution in [3.8, 4) is 0 Å². The van der Waals surface area contributed by atoms with Crippen LogP contribution in [0.5, 0.6) is 0 Å². The third-order valence-electron chi connectivity index (χ3n) is 4.10. The lowest BCUT2D eigenvalue weighted by Crippen LogP contribution is -2.44. The largest absolute Gasteiger partial charge is 0.384 e. The Morgan fingerprint density at radius 1 is 1.47 bits per heavy atom. The van der Waals surface area contributed by atoms with Gasteiger partial charge in [0.15, 0.2) is 0 Å². The van der Waals surface area contributed by atoms with E-state index < -0.39 is 12.3 Å². The first-order chi connectivity index (χ1) is 7.05. The van der Waals surface area contributed by atoms with Crippen LogP contribution in [0, 0.1) is 17.3 Å². The van der Waals surface area contributed by atoms with Crippen LogP contribution in [0.2, 0.25) is 0 Å².